The maximum Gasteiger partial charge on any atom is 0.472 e. The normalized spacial score (nSPS) is 21.0. The van der Waals surface area contributed by atoms with Crippen LogP contribution >= 0.6 is 7.82 Å². The zero-order valence-electron chi connectivity index (χ0n) is 34.1. The lowest BCUT2D eigenvalue weighted by molar-refractivity contribution is -0.0684. The summed E-state index contributed by atoms with van der Waals surface area (Å²) in [5.74, 6) is -0.639. The van der Waals surface area contributed by atoms with E-state index in [2.05, 4.69) is 16.9 Å². The second kappa shape index (κ2) is 26.7. The summed E-state index contributed by atoms with van der Waals surface area (Å²) >= 11 is 0. The fourth-order valence-corrected chi connectivity index (χ4v) is 7.52. The number of phosphoric acid groups is 1. The molecule has 2 heterocycles. The van der Waals surface area contributed by atoms with Crippen molar-refractivity contribution in [1.29, 1.82) is 15.9 Å². The number of rotatable bonds is 31. The third-order valence-electron chi connectivity index (χ3n) is 10.3. The van der Waals surface area contributed by atoms with Gasteiger partial charge in [-0.25, -0.2) is 13.9 Å². The first-order chi connectivity index (χ1) is 28.0. The molecule has 1 aromatic carbocycles. The topological polar surface area (TPSA) is 223 Å². The van der Waals surface area contributed by atoms with E-state index in [0.717, 1.165) is 31.7 Å². The fraction of sp³-hybridized carbons (Fsp3) is 0.667. The first kappa shape index (κ1) is 49.0. The Kier molecular flexibility index (Phi) is 22.6. The van der Waals surface area contributed by atoms with Crippen LogP contribution in [0.2, 0.25) is 0 Å². The largest absolute Gasteiger partial charge is 0.472 e. The van der Waals surface area contributed by atoms with Gasteiger partial charge in [0, 0.05) is 12.2 Å². The van der Waals surface area contributed by atoms with E-state index in [9.17, 15) is 29.3 Å². The molecule has 0 amide bonds. The maximum absolute atomic E-state index is 14.6. The monoisotopic (exact) mass is 831 g/mol. The van der Waals surface area contributed by atoms with Crippen LogP contribution in [-0.4, -0.2) is 83.0 Å². The van der Waals surface area contributed by atoms with Crippen molar-refractivity contribution in [2.24, 2.45) is 4.99 Å². The number of ether oxygens (including phenoxy) is 3. The number of aliphatic hydroxyl groups is 2. The third kappa shape index (κ3) is 16.4. The number of nitrogens with one attached hydrogen (secondary N) is 2. The van der Waals surface area contributed by atoms with Gasteiger partial charge in [-0.1, -0.05) is 109 Å². The molecule has 1 aromatic heterocycles. The van der Waals surface area contributed by atoms with Gasteiger partial charge in [-0.15, -0.1) is 0 Å². The Labute approximate surface area is 342 Å². The van der Waals surface area contributed by atoms with Gasteiger partial charge in [-0.3, -0.25) is 14.5 Å². The van der Waals surface area contributed by atoms with Crippen molar-refractivity contribution in [2.45, 2.75) is 153 Å². The minimum atomic E-state index is -4.82. The predicted octanol–water partition coefficient (Wildman–Crippen LogP) is 8.28. The second-order valence-corrected chi connectivity index (χ2v) is 16.3. The number of hydrogen-bond acceptors (Lipinski definition) is 11. The Morgan fingerprint density at radius 2 is 1.60 bits per heavy atom. The summed E-state index contributed by atoms with van der Waals surface area (Å²) in [6.07, 6.45) is 15.1. The van der Waals surface area contributed by atoms with Gasteiger partial charge in [0.05, 0.1) is 55.2 Å². The van der Waals surface area contributed by atoms with E-state index < -0.39 is 56.9 Å². The van der Waals surface area contributed by atoms with Gasteiger partial charge < -0.3 is 34.3 Å². The Balaban J connectivity index is 1.43. The van der Waals surface area contributed by atoms with Crippen LogP contribution in [0, 0.1) is 33.9 Å². The lowest BCUT2D eigenvalue weighted by atomic mass is 9.93. The summed E-state index contributed by atoms with van der Waals surface area (Å²) in [7, 11) is -4.82. The van der Waals surface area contributed by atoms with Crippen molar-refractivity contribution >= 4 is 19.9 Å². The van der Waals surface area contributed by atoms with Crippen molar-refractivity contribution in [1.82, 2.24) is 4.98 Å². The summed E-state index contributed by atoms with van der Waals surface area (Å²) < 4.78 is 55.3. The molecule has 0 aliphatic carbocycles. The van der Waals surface area contributed by atoms with E-state index in [0.29, 0.717) is 18.0 Å². The SMILES string of the molecule is CCCCCCCCCCCCCCCCCCOC[C@H](COP(=O)(O)OC[C@H]1O[C@@](C#N)(c2ccc(C(C)=NC=N)[nH]2)[C@H](O)[C@@H]1O)OCc1ccc(C#N)cc1F. The van der Waals surface area contributed by atoms with Crippen LogP contribution in [0.25, 0.3) is 0 Å². The third-order valence-corrected chi connectivity index (χ3v) is 11.2. The number of hydrogen-bond donors (Lipinski definition) is 5. The first-order valence-electron chi connectivity index (χ1n) is 20.7. The van der Waals surface area contributed by atoms with Gasteiger partial charge in [0.1, 0.15) is 42.6 Å². The molecule has 5 N–H and O–H groups in total. The molecule has 0 saturated carbocycles. The molecule has 1 aliphatic heterocycles. The first-order valence-corrected chi connectivity index (χ1v) is 22.2. The highest BCUT2D eigenvalue weighted by molar-refractivity contribution is 7.47. The number of aliphatic imine (C=N–C) groups is 1. The molecule has 1 unspecified atom stereocenters. The zero-order chi connectivity index (χ0) is 42.2. The fourth-order valence-electron chi connectivity index (χ4n) is 6.75. The van der Waals surface area contributed by atoms with Crippen molar-refractivity contribution in [2.75, 3.05) is 26.4 Å². The van der Waals surface area contributed by atoms with Gasteiger partial charge in [0.25, 0.3) is 0 Å². The lowest BCUT2D eigenvalue weighted by Crippen LogP contribution is -2.40. The quantitative estimate of drug-likeness (QED) is 0.0210. The van der Waals surface area contributed by atoms with Crippen molar-refractivity contribution in [3.63, 3.8) is 0 Å². The highest BCUT2D eigenvalue weighted by atomic mass is 31.2. The van der Waals surface area contributed by atoms with Crippen LogP contribution in [0.4, 0.5) is 4.39 Å². The molecule has 0 spiro atoms. The number of halogens is 1. The molecule has 14 nitrogen and oxygen atoms in total. The highest BCUT2D eigenvalue weighted by Crippen LogP contribution is 2.46. The Bertz CT molecular complexity index is 1680. The molecule has 1 saturated heterocycles. The van der Waals surface area contributed by atoms with Crippen molar-refractivity contribution in [3.05, 3.63) is 58.7 Å². The number of unbranched alkanes of at least 4 members (excludes halogenated alkanes) is 15. The second-order valence-electron chi connectivity index (χ2n) is 14.9. The summed E-state index contributed by atoms with van der Waals surface area (Å²) in [5, 5.41) is 47.9. The molecule has 58 heavy (non-hydrogen) atoms. The Morgan fingerprint density at radius 1 is 0.983 bits per heavy atom. The van der Waals surface area contributed by atoms with E-state index in [1.54, 1.807) is 13.0 Å². The van der Waals surface area contributed by atoms with Gasteiger partial charge in [-0.2, -0.15) is 10.5 Å². The summed E-state index contributed by atoms with van der Waals surface area (Å²) in [6, 6.07) is 10.8. The zero-order valence-corrected chi connectivity index (χ0v) is 35.0. The number of nitriles is 2. The van der Waals surface area contributed by atoms with Crippen LogP contribution in [0.15, 0.2) is 35.3 Å². The molecule has 3 rings (SSSR count). The number of phosphoric ester groups is 1. The molecular weight excluding hydrogens is 768 g/mol. The molecule has 322 valence electrons. The number of aromatic amines is 1. The molecule has 16 heteroatoms. The van der Waals surface area contributed by atoms with Crippen LogP contribution in [0.3, 0.4) is 0 Å². The molecule has 1 fully saturated rings. The van der Waals surface area contributed by atoms with E-state index in [1.165, 1.54) is 102 Å². The molecule has 0 radical (unpaired) electrons. The minimum absolute atomic E-state index is 0.0277. The molecular formula is C42H63FN5O9P. The van der Waals surface area contributed by atoms with Gasteiger partial charge in [0.2, 0.25) is 5.60 Å². The molecule has 0 bridgehead atoms. The smallest absolute Gasteiger partial charge is 0.387 e. The van der Waals surface area contributed by atoms with Gasteiger partial charge >= 0.3 is 7.82 Å². The number of H-pyrrole nitrogens is 1. The van der Waals surface area contributed by atoms with E-state index in [4.69, 9.17) is 33.9 Å². The molecule has 6 atom stereocenters. The van der Waals surface area contributed by atoms with Gasteiger partial charge in [0.15, 0.2) is 0 Å². The van der Waals surface area contributed by atoms with E-state index >= 15 is 0 Å². The summed E-state index contributed by atoms with van der Waals surface area (Å²) in [6.45, 7) is 2.84. The van der Waals surface area contributed by atoms with Crippen molar-refractivity contribution < 1.29 is 47.3 Å². The maximum atomic E-state index is 14.6. The van der Waals surface area contributed by atoms with E-state index in [-0.39, 0.29) is 30.0 Å². The van der Waals surface area contributed by atoms with Crippen LogP contribution in [0.1, 0.15) is 139 Å². The van der Waals surface area contributed by atoms with E-state index in [1.807, 2.05) is 12.1 Å². The Hall–Kier alpha value is -3.34. The average molecular weight is 832 g/mol. The number of nitrogens with zero attached hydrogens (tertiary/aromatic N) is 3. The Morgan fingerprint density at radius 3 is 2.17 bits per heavy atom. The van der Waals surface area contributed by atoms with Crippen LogP contribution in [0.5, 0.6) is 0 Å². The standard InChI is InChI=1S/C42H63FN5O9P/c1-3-4-5-6-7-8-9-10-11-12-13-14-15-16-17-18-23-53-27-35(54-26-34-20-19-33(25-44)24-36(34)43)28-55-58(51,52)56-29-38-40(49)41(50)42(30-45,57-38)39-22-21-37(48-39)32(2)47-31-46/h19-22,24,31,35,38,40-41,46,48-50H,3-18,23,26-29H2,1-2H3,(H,51,52)/t35-,38-,40-,41-,42+/m1/s1. The highest BCUT2D eigenvalue weighted by Gasteiger charge is 2.57. The number of aliphatic hydroxyl groups excluding tert-OH is 2. The van der Waals surface area contributed by atoms with Crippen molar-refractivity contribution in [3.8, 4) is 12.1 Å². The predicted molar refractivity (Wildman–Crippen MR) is 218 cm³/mol. The van der Waals surface area contributed by atoms with Gasteiger partial charge in [-0.05, 0) is 37.6 Å². The summed E-state index contributed by atoms with van der Waals surface area (Å²) in [4.78, 5) is 17.3. The number of aromatic nitrogens is 1. The molecule has 2 aromatic rings. The molecule has 1 aliphatic rings. The van der Waals surface area contributed by atoms with Crippen LogP contribution < -0.4 is 0 Å². The lowest BCUT2D eigenvalue weighted by Gasteiger charge is -2.23. The van der Waals surface area contributed by atoms with Crippen LogP contribution in [-0.2, 0) is 40.0 Å². The number of benzene rings is 1. The minimum Gasteiger partial charge on any atom is -0.387 e. The summed E-state index contributed by atoms with van der Waals surface area (Å²) in [5.41, 5.74) is -0.780. The average Bonchev–Trinajstić information content (AvgIpc) is 3.81.